The van der Waals surface area contributed by atoms with E-state index in [4.69, 9.17) is 4.74 Å². The highest BCUT2D eigenvalue weighted by Crippen LogP contribution is 2.42. The van der Waals surface area contributed by atoms with Crippen molar-refractivity contribution in [2.45, 2.75) is 67.2 Å². The molecule has 0 fully saturated rings. The summed E-state index contributed by atoms with van der Waals surface area (Å²) in [5.74, 6) is 0.0130. The molecular formula is C30H48N3O7PS. The van der Waals surface area contributed by atoms with Crippen molar-refractivity contribution >= 4 is 50.4 Å². The zero-order valence-electron chi connectivity index (χ0n) is 25.8. The highest BCUT2D eigenvalue weighted by Gasteiger charge is 2.23. The molecule has 42 heavy (non-hydrogen) atoms. The number of nitrogens with zero attached hydrogens (tertiary/aromatic N) is 1. The number of carbonyl (C=O) groups excluding carboxylic acids is 2. The zero-order valence-corrected chi connectivity index (χ0v) is 27.7. The molecule has 0 aromatic heterocycles. The van der Waals surface area contributed by atoms with E-state index >= 15 is 0 Å². The van der Waals surface area contributed by atoms with Gasteiger partial charge in [0.25, 0.3) is 0 Å². The molecule has 2 atom stereocenters. The Morgan fingerprint density at radius 1 is 0.952 bits per heavy atom. The lowest BCUT2D eigenvalue weighted by Crippen LogP contribution is -2.32. The first-order valence-electron chi connectivity index (χ1n) is 14.1. The molecule has 0 aliphatic carbocycles. The second-order valence-corrected chi connectivity index (χ2v) is 12.3. The second-order valence-electron chi connectivity index (χ2n) is 10.9. The van der Waals surface area contributed by atoms with Crippen molar-refractivity contribution < 1.29 is 32.8 Å². The molecule has 2 aromatic carbocycles. The third-order valence-electron chi connectivity index (χ3n) is 6.20. The molecule has 0 bridgehead atoms. The van der Waals surface area contributed by atoms with Gasteiger partial charge < -0.3 is 25.2 Å². The number of aryl methyl sites for hydroxylation is 1. The van der Waals surface area contributed by atoms with Gasteiger partial charge in [-0.25, -0.2) is 13.9 Å². The van der Waals surface area contributed by atoms with Crippen LogP contribution in [0.25, 0.3) is 0 Å². The van der Waals surface area contributed by atoms with Crippen molar-refractivity contribution in [1.29, 1.82) is 0 Å². The van der Waals surface area contributed by atoms with Gasteiger partial charge in [0.2, 0.25) is 6.79 Å². The number of hydrogen-bond donors (Lipinski definition) is 3. The molecule has 10 nitrogen and oxygen atoms in total. The Kier molecular flexibility index (Phi) is 16.2. The molecule has 0 heterocycles. The Bertz CT molecular complexity index is 1170. The number of hydrogen-bond acceptors (Lipinski definition) is 7. The molecule has 12 heteroatoms. The van der Waals surface area contributed by atoms with Crippen LogP contribution in [0.2, 0.25) is 0 Å². The number of esters is 1. The summed E-state index contributed by atoms with van der Waals surface area (Å²) in [6, 6.07) is 13.1. The molecule has 0 aliphatic rings. The van der Waals surface area contributed by atoms with Crippen molar-refractivity contribution in [3.63, 3.8) is 0 Å². The smallest absolute Gasteiger partial charge is 0.438 e. The van der Waals surface area contributed by atoms with Gasteiger partial charge in [0.15, 0.2) is 0 Å². The summed E-state index contributed by atoms with van der Waals surface area (Å²) in [6.07, 6.45) is 0.656. The van der Waals surface area contributed by atoms with E-state index in [0.717, 1.165) is 29.9 Å². The fourth-order valence-electron chi connectivity index (χ4n) is 4.37. The van der Waals surface area contributed by atoms with Crippen LogP contribution >= 0.6 is 21.3 Å². The zero-order chi connectivity index (χ0) is 30.6. The van der Waals surface area contributed by atoms with Crippen LogP contribution < -0.4 is 15.5 Å². The normalized spacial score (nSPS) is 13.2. The van der Waals surface area contributed by atoms with Crippen molar-refractivity contribution in [3.8, 4) is 0 Å². The lowest BCUT2D eigenvalue weighted by atomic mass is 9.92. The number of phosphoric ester groups is 1. The van der Waals surface area contributed by atoms with Gasteiger partial charge in [-0.2, -0.15) is 13.5 Å². The van der Waals surface area contributed by atoms with Gasteiger partial charge in [0.05, 0.1) is 24.4 Å². The predicted molar refractivity (Wildman–Crippen MR) is 174 cm³/mol. The maximum absolute atomic E-state index is 13.1. The summed E-state index contributed by atoms with van der Waals surface area (Å²) < 4.78 is 26.0. The van der Waals surface area contributed by atoms with E-state index in [0.29, 0.717) is 29.6 Å². The molecule has 0 aliphatic heterocycles. The molecule has 0 saturated heterocycles. The number of anilines is 3. The van der Waals surface area contributed by atoms with E-state index < -0.39 is 20.6 Å². The molecule has 2 amide bonds. The topological polar surface area (TPSA) is 126 Å². The molecule has 0 saturated carbocycles. The number of phosphoric acid groups is 1. The van der Waals surface area contributed by atoms with Crippen molar-refractivity contribution in [2.75, 3.05) is 42.0 Å². The molecular weight excluding hydrogens is 577 g/mol. The summed E-state index contributed by atoms with van der Waals surface area (Å²) in [5.41, 5.74) is 4.17. The SMILES string of the molecule is CCOP(=O)(O)OCOC(=O)C[C@H](CC)c1ccc(N(CC(C)C)CC(C)C)c(NC(=O)Nc2ccc(C)cc2)c1.S. The number of carbonyl (C=O) groups is 2. The van der Waals surface area contributed by atoms with E-state index in [9.17, 15) is 19.0 Å². The standard InChI is InChI=1S/C30H46N3O7P.H2S/c1-8-24(17-29(34)38-20-40-41(36,37)39-9-2)25-12-15-28(33(18-21(3)4)19-22(5)6)27(16-25)32-30(35)31-26-13-10-23(7)11-14-26;/h10-16,21-22,24H,8-9,17-20H2,1-7H3,(H,36,37)(H2,31,32,35);1H2/t24-;/m0./s1. The van der Waals surface area contributed by atoms with Crippen LogP contribution in [-0.2, 0) is 23.1 Å². The van der Waals surface area contributed by atoms with Gasteiger partial charge >= 0.3 is 19.8 Å². The van der Waals surface area contributed by atoms with Crippen LogP contribution in [0.4, 0.5) is 21.9 Å². The van der Waals surface area contributed by atoms with Gasteiger partial charge in [-0.15, -0.1) is 0 Å². The lowest BCUT2D eigenvalue weighted by molar-refractivity contribution is -0.151. The van der Waals surface area contributed by atoms with Gasteiger partial charge in [0, 0.05) is 18.8 Å². The minimum Gasteiger partial charge on any atom is -0.438 e. The van der Waals surface area contributed by atoms with Crippen LogP contribution in [0.1, 0.15) is 71.4 Å². The molecule has 2 rings (SSSR count). The van der Waals surface area contributed by atoms with Crippen LogP contribution in [-0.4, -0.2) is 43.4 Å². The monoisotopic (exact) mass is 625 g/mol. The van der Waals surface area contributed by atoms with Gasteiger partial charge in [0.1, 0.15) is 0 Å². The van der Waals surface area contributed by atoms with E-state index in [1.807, 2.05) is 56.3 Å². The maximum Gasteiger partial charge on any atom is 0.475 e. The molecule has 2 aromatic rings. The summed E-state index contributed by atoms with van der Waals surface area (Å²) in [7, 11) is -4.26. The Hall–Kier alpha value is -2.56. The Morgan fingerprint density at radius 2 is 1.57 bits per heavy atom. The Morgan fingerprint density at radius 3 is 2.12 bits per heavy atom. The first-order chi connectivity index (χ1) is 19.3. The molecule has 0 radical (unpaired) electrons. The number of rotatable bonds is 16. The molecule has 1 unspecified atom stereocenters. The molecule has 0 spiro atoms. The van der Waals surface area contributed by atoms with E-state index in [1.54, 1.807) is 6.92 Å². The third-order valence-corrected chi connectivity index (χ3v) is 7.21. The van der Waals surface area contributed by atoms with Crippen molar-refractivity contribution in [1.82, 2.24) is 0 Å². The van der Waals surface area contributed by atoms with E-state index in [2.05, 4.69) is 52.3 Å². The van der Waals surface area contributed by atoms with Gasteiger partial charge in [-0.3, -0.25) is 9.32 Å². The minimum absolute atomic E-state index is 0. The summed E-state index contributed by atoms with van der Waals surface area (Å²) >= 11 is 0. The Labute approximate surface area is 257 Å². The predicted octanol–water partition coefficient (Wildman–Crippen LogP) is 7.41. The summed E-state index contributed by atoms with van der Waals surface area (Å²) in [4.78, 5) is 37.4. The first-order valence-corrected chi connectivity index (χ1v) is 15.6. The van der Waals surface area contributed by atoms with Crippen LogP contribution in [0.15, 0.2) is 42.5 Å². The van der Waals surface area contributed by atoms with Crippen LogP contribution in [0.3, 0.4) is 0 Å². The number of benzene rings is 2. The number of urea groups is 1. The molecule has 3 N–H and O–H groups in total. The average Bonchev–Trinajstić information content (AvgIpc) is 2.87. The number of nitrogens with one attached hydrogen (secondary N) is 2. The van der Waals surface area contributed by atoms with E-state index in [1.165, 1.54) is 0 Å². The van der Waals surface area contributed by atoms with Crippen molar-refractivity contribution in [3.05, 3.63) is 53.6 Å². The summed E-state index contributed by atoms with van der Waals surface area (Å²) in [5, 5.41) is 5.93. The Balaban J connectivity index is 0.00000882. The second kappa shape index (κ2) is 18.2. The van der Waals surface area contributed by atoms with Gasteiger partial charge in [-0.05, 0) is 67.9 Å². The number of ether oxygens (including phenoxy) is 1. The molecule has 236 valence electrons. The van der Waals surface area contributed by atoms with Gasteiger partial charge in [-0.1, -0.05) is 58.4 Å². The van der Waals surface area contributed by atoms with Crippen LogP contribution in [0.5, 0.6) is 0 Å². The van der Waals surface area contributed by atoms with Crippen molar-refractivity contribution in [2.24, 2.45) is 11.8 Å². The van der Waals surface area contributed by atoms with Crippen LogP contribution in [0, 0.1) is 18.8 Å². The fourth-order valence-corrected chi connectivity index (χ4v) is 4.96. The minimum atomic E-state index is -4.26. The average molecular weight is 626 g/mol. The first kappa shape index (κ1) is 37.5. The van der Waals surface area contributed by atoms with E-state index in [-0.39, 0.29) is 38.5 Å². The third kappa shape index (κ3) is 13.2. The summed E-state index contributed by atoms with van der Waals surface area (Å²) in [6.45, 7) is 15.0. The number of amides is 2. The maximum atomic E-state index is 13.1. The highest BCUT2D eigenvalue weighted by molar-refractivity contribution is 7.59. The lowest BCUT2D eigenvalue weighted by Gasteiger charge is -2.31. The highest BCUT2D eigenvalue weighted by atomic mass is 32.1. The quantitative estimate of drug-likeness (QED) is 0.100. The largest absolute Gasteiger partial charge is 0.475 e. The fraction of sp³-hybridized carbons (Fsp3) is 0.533.